The summed E-state index contributed by atoms with van der Waals surface area (Å²) >= 11 is 15.2. The molecule has 0 spiro atoms. The monoisotopic (exact) mass is 498 g/mol. The van der Waals surface area contributed by atoms with Gasteiger partial charge in [0.2, 0.25) is 0 Å². The van der Waals surface area contributed by atoms with Gasteiger partial charge in [-0.15, -0.1) is 0 Å². The zero-order valence-corrected chi connectivity index (χ0v) is 19.7. The quantitative estimate of drug-likeness (QED) is 0.299. The van der Waals surface area contributed by atoms with Crippen molar-refractivity contribution in [3.05, 3.63) is 87.1 Å². The van der Waals surface area contributed by atoms with Crippen molar-refractivity contribution in [3.63, 3.8) is 0 Å². The van der Waals surface area contributed by atoms with Gasteiger partial charge in [-0.25, -0.2) is 0 Å². The molecule has 4 nitrogen and oxygen atoms in total. The molecular weight excluding hydrogens is 480 g/mol. The molecular formula is C23H20BrClN4S. The third kappa shape index (κ3) is 4.36. The molecule has 0 fully saturated rings. The lowest BCUT2D eigenvalue weighted by Gasteiger charge is -2.13. The summed E-state index contributed by atoms with van der Waals surface area (Å²) in [4.78, 5) is 0. The molecule has 4 rings (SSSR count). The minimum Gasteiger partial charge on any atom is -0.331 e. The van der Waals surface area contributed by atoms with Crippen LogP contribution in [0.2, 0.25) is 5.02 Å². The van der Waals surface area contributed by atoms with Crippen LogP contribution >= 0.6 is 39.7 Å². The highest BCUT2D eigenvalue weighted by atomic mass is 79.9. The van der Waals surface area contributed by atoms with Gasteiger partial charge in [-0.3, -0.25) is 4.68 Å². The molecule has 0 atom stereocenters. The number of rotatable bonds is 4. The van der Waals surface area contributed by atoms with Crippen molar-refractivity contribution >= 4 is 67.0 Å². The first kappa shape index (κ1) is 20.8. The second-order valence-electron chi connectivity index (χ2n) is 7.05. The van der Waals surface area contributed by atoms with Crippen molar-refractivity contribution in [1.82, 2.24) is 9.78 Å². The van der Waals surface area contributed by atoms with Crippen LogP contribution in [0.4, 0.5) is 11.4 Å². The molecule has 0 aliphatic heterocycles. The summed E-state index contributed by atoms with van der Waals surface area (Å²) in [6, 6.07) is 20.4. The zero-order valence-electron chi connectivity index (χ0n) is 16.5. The second kappa shape index (κ2) is 8.76. The van der Waals surface area contributed by atoms with Crippen LogP contribution in [0, 0.1) is 13.8 Å². The molecule has 4 aromatic rings. The first-order chi connectivity index (χ1) is 14.4. The first-order valence-electron chi connectivity index (χ1n) is 9.46. The van der Waals surface area contributed by atoms with E-state index < -0.39 is 0 Å². The van der Waals surface area contributed by atoms with E-state index in [2.05, 4.69) is 69.0 Å². The topological polar surface area (TPSA) is 41.9 Å². The average molecular weight is 500 g/mol. The van der Waals surface area contributed by atoms with Gasteiger partial charge in [0, 0.05) is 4.47 Å². The van der Waals surface area contributed by atoms with E-state index in [1.54, 1.807) is 0 Å². The maximum atomic E-state index is 6.28. The van der Waals surface area contributed by atoms with E-state index in [1.165, 1.54) is 16.3 Å². The second-order valence-corrected chi connectivity index (χ2v) is 8.78. The number of hydrogen-bond acceptors (Lipinski definition) is 2. The highest BCUT2D eigenvalue weighted by Gasteiger charge is 2.14. The van der Waals surface area contributed by atoms with Crippen LogP contribution in [0.5, 0.6) is 0 Å². The van der Waals surface area contributed by atoms with Crippen molar-refractivity contribution in [1.29, 1.82) is 0 Å². The largest absolute Gasteiger partial charge is 0.331 e. The van der Waals surface area contributed by atoms with Crippen molar-refractivity contribution in [2.45, 2.75) is 20.4 Å². The molecule has 0 aliphatic rings. The minimum absolute atomic E-state index is 0.468. The number of benzene rings is 3. The minimum atomic E-state index is 0.468. The molecule has 7 heteroatoms. The van der Waals surface area contributed by atoms with E-state index in [-0.39, 0.29) is 0 Å². The lowest BCUT2D eigenvalue weighted by atomic mass is 10.0. The van der Waals surface area contributed by atoms with E-state index in [9.17, 15) is 0 Å². The summed E-state index contributed by atoms with van der Waals surface area (Å²) in [5.74, 6) is 0. The van der Waals surface area contributed by atoms with Gasteiger partial charge in [-0.05, 0) is 60.6 Å². The number of fused-ring (bicyclic) bond motifs is 1. The molecule has 3 aromatic carbocycles. The standard InChI is InChI=1S/C23H20BrClN4S/c1-14-22(27-23(30)26-21-11-10-18(24)12-20(21)25)15(2)29(28-14)13-17-8-5-7-16-6-3-4-9-19(16)17/h3-12H,13H2,1-2H3,(H2,26,27,30). The summed E-state index contributed by atoms with van der Waals surface area (Å²) in [5.41, 5.74) is 4.79. The smallest absolute Gasteiger partial charge is 0.175 e. The van der Waals surface area contributed by atoms with E-state index >= 15 is 0 Å². The fourth-order valence-electron chi connectivity index (χ4n) is 3.48. The maximum Gasteiger partial charge on any atom is 0.175 e. The predicted octanol–water partition coefficient (Wildman–Crippen LogP) is 6.93. The molecule has 0 radical (unpaired) electrons. The van der Waals surface area contributed by atoms with Crippen molar-refractivity contribution in [3.8, 4) is 0 Å². The Balaban J connectivity index is 1.55. The number of aryl methyl sites for hydroxylation is 1. The Hall–Kier alpha value is -2.41. The van der Waals surface area contributed by atoms with Crippen molar-refractivity contribution < 1.29 is 0 Å². The van der Waals surface area contributed by atoms with E-state index in [1.807, 2.05) is 36.7 Å². The van der Waals surface area contributed by atoms with Crippen molar-refractivity contribution in [2.75, 3.05) is 10.6 Å². The van der Waals surface area contributed by atoms with Crippen LogP contribution in [0.1, 0.15) is 17.0 Å². The normalized spacial score (nSPS) is 10.9. The van der Waals surface area contributed by atoms with Gasteiger partial charge in [-0.2, -0.15) is 5.10 Å². The van der Waals surface area contributed by atoms with Gasteiger partial charge < -0.3 is 10.6 Å². The average Bonchev–Trinajstić information content (AvgIpc) is 2.98. The predicted molar refractivity (Wildman–Crippen MR) is 134 cm³/mol. The number of thiocarbonyl (C=S) groups is 1. The van der Waals surface area contributed by atoms with Crippen LogP contribution in [-0.2, 0) is 6.54 Å². The van der Waals surface area contributed by atoms with Gasteiger partial charge in [0.25, 0.3) is 0 Å². The third-order valence-electron chi connectivity index (χ3n) is 5.00. The van der Waals surface area contributed by atoms with Crippen molar-refractivity contribution in [2.24, 2.45) is 0 Å². The van der Waals surface area contributed by atoms with Gasteiger partial charge in [-0.1, -0.05) is 70.0 Å². The number of nitrogens with zero attached hydrogens (tertiary/aromatic N) is 2. The van der Waals surface area contributed by atoms with E-state index in [4.69, 9.17) is 28.9 Å². The lowest BCUT2D eigenvalue weighted by Crippen LogP contribution is -2.20. The Kier molecular flexibility index (Phi) is 6.09. The molecule has 152 valence electrons. The molecule has 30 heavy (non-hydrogen) atoms. The number of nitrogens with one attached hydrogen (secondary N) is 2. The van der Waals surface area contributed by atoms with Gasteiger partial charge in [0.15, 0.2) is 5.11 Å². The highest BCUT2D eigenvalue weighted by molar-refractivity contribution is 9.10. The molecule has 1 aromatic heterocycles. The molecule has 0 saturated carbocycles. The molecule has 0 amide bonds. The Morgan fingerprint density at radius 3 is 2.63 bits per heavy atom. The Morgan fingerprint density at radius 1 is 1.07 bits per heavy atom. The van der Waals surface area contributed by atoms with Gasteiger partial charge in [0.1, 0.15) is 0 Å². The van der Waals surface area contributed by atoms with E-state index in [0.29, 0.717) is 16.7 Å². The summed E-state index contributed by atoms with van der Waals surface area (Å²) in [6.45, 7) is 4.71. The summed E-state index contributed by atoms with van der Waals surface area (Å²) < 4.78 is 2.92. The fraction of sp³-hybridized carbons (Fsp3) is 0.130. The van der Waals surface area contributed by atoms with Crippen LogP contribution in [0.25, 0.3) is 10.8 Å². The molecule has 0 bridgehead atoms. The highest BCUT2D eigenvalue weighted by Crippen LogP contribution is 2.27. The van der Waals surface area contributed by atoms with E-state index in [0.717, 1.165) is 27.2 Å². The summed E-state index contributed by atoms with van der Waals surface area (Å²) in [7, 11) is 0. The lowest BCUT2D eigenvalue weighted by molar-refractivity contribution is 0.662. The fourth-order valence-corrected chi connectivity index (χ4v) is 4.41. The van der Waals surface area contributed by atoms with Gasteiger partial charge >= 0.3 is 0 Å². The number of hydrogen-bond donors (Lipinski definition) is 2. The zero-order chi connectivity index (χ0) is 21.3. The molecule has 0 saturated heterocycles. The number of halogens is 2. The van der Waals surface area contributed by atoms with Crippen LogP contribution in [0.15, 0.2) is 65.1 Å². The Labute approximate surface area is 194 Å². The Bertz CT molecular complexity index is 1250. The van der Waals surface area contributed by atoms with Crippen LogP contribution in [-0.4, -0.2) is 14.9 Å². The molecule has 0 unspecified atom stereocenters. The van der Waals surface area contributed by atoms with Gasteiger partial charge in [0.05, 0.1) is 34.3 Å². The molecule has 1 heterocycles. The SMILES string of the molecule is Cc1nn(Cc2cccc3ccccc23)c(C)c1NC(=S)Nc1ccc(Br)cc1Cl. The van der Waals surface area contributed by atoms with Crippen LogP contribution in [0.3, 0.4) is 0 Å². The number of anilines is 2. The Morgan fingerprint density at radius 2 is 1.83 bits per heavy atom. The summed E-state index contributed by atoms with van der Waals surface area (Å²) in [6.07, 6.45) is 0. The molecule has 0 aliphatic carbocycles. The van der Waals surface area contributed by atoms with Crippen LogP contribution < -0.4 is 10.6 Å². The number of aromatic nitrogens is 2. The molecule has 2 N–H and O–H groups in total. The maximum absolute atomic E-state index is 6.28. The first-order valence-corrected chi connectivity index (χ1v) is 11.0. The summed E-state index contributed by atoms with van der Waals surface area (Å²) in [5, 5.41) is 14.7. The third-order valence-corrected chi connectivity index (χ3v) is 6.01.